The molecule has 2 N–H and O–H groups in total. The molecule has 1 unspecified atom stereocenters. The molecular weight excluding hydrogens is 294 g/mol. The van der Waals surface area contributed by atoms with Crippen molar-refractivity contribution >= 4 is 11.8 Å². The van der Waals surface area contributed by atoms with Crippen molar-refractivity contribution in [2.24, 2.45) is 11.7 Å². The largest absolute Gasteiger partial charge is 0.497 e. The van der Waals surface area contributed by atoms with Gasteiger partial charge in [0.15, 0.2) is 0 Å². The summed E-state index contributed by atoms with van der Waals surface area (Å²) in [5.74, 6) is 0.910. The molecule has 1 aromatic rings. The van der Waals surface area contributed by atoms with Crippen molar-refractivity contribution in [1.82, 2.24) is 9.80 Å². The van der Waals surface area contributed by atoms with Gasteiger partial charge in [-0.2, -0.15) is 0 Å². The van der Waals surface area contributed by atoms with E-state index in [-0.39, 0.29) is 17.7 Å². The molecule has 0 radical (unpaired) electrons. The number of ether oxygens (including phenoxy) is 1. The molecule has 1 heterocycles. The maximum Gasteiger partial charge on any atom is 0.236 e. The number of methoxy groups -OCH3 is 1. The maximum atomic E-state index is 12.3. The highest BCUT2D eigenvalue weighted by Crippen LogP contribution is 2.19. The van der Waals surface area contributed by atoms with E-state index in [0.29, 0.717) is 19.5 Å². The van der Waals surface area contributed by atoms with Crippen LogP contribution in [0.2, 0.25) is 0 Å². The molecule has 1 saturated heterocycles. The van der Waals surface area contributed by atoms with Gasteiger partial charge in [-0.25, -0.2) is 0 Å². The SMILES string of the molecule is COc1ccc(CN(C)C(=O)CN2CCC(CC(N)=O)C2)cc1. The van der Waals surface area contributed by atoms with E-state index in [1.807, 2.05) is 31.3 Å². The van der Waals surface area contributed by atoms with E-state index < -0.39 is 0 Å². The summed E-state index contributed by atoms with van der Waals surface area (Å²) in [6.45, 7) is 2.58. The van der Waals surface area contributed by atoms with Gasteiger partial charge in [-0.1, -0.05) is 12.1 Å². The molecule has 6 nitrogen and oxygen atoms in total. The van der Waals surface area contributed by atoms with Crippen LogP contribution in [0.5, 0.6) is 5.75 Å². The molecule has 23 heavy (non-hydrogen) atoms. The van der Waals surface area contributed by atoms with Crippen molar-refractivity contribution in [3.05, 3.63) is 29.8 Å². The molecule has 0 aromatic heterocycles. The number of rotatable bonds is 7. The number of likely N-dealkylation sites (N-methyl/N-ethyl adjacent to an activating group) is 1. The molecule has 1 fully saturated rings. The summed E-state index contributed by atoms with van der Waals surface area (Å²) in [5.41, 5.74) is 6.30. The molecule has 2 amide bonds. The van der Waals surface area contributed by atoms with E-state index >= 15 is 0 Å². The van der Waals surface area contributed by atoms with E-state index in [1.165, 1.54) is 0 Å². The molecule has 1 atom stereocenters. The highest BCUT2D eigenvalue weighted by atomic mass is 16.5. The summed E-state index contributed by atoms with van der Waals surface area (Å²) in [6, 6.07) is 7.70. The van der Waals surface area contributed by atoms with Gasteiger partial charge in [0, 0.05) is 26.6 Å². The summed E-state index contributed by atoms with van der Waals surface area (Å²) in [4.78, 5) is 27.1. The van der Waals surface area contributed by atoms with Crippen molar-refractivity contribution < 1.29 is 14.3 Å². The van der Waals surface area contributed by atoms with Crippen LogP contribution in [0.1, 0.15) is 18.4 Å². The predicted octanol–water partition coefficient (Wildman–Crippen LogP) is 0.851. The fourth-order valence-electron chi connectivity index (χ4n) is 2.91. The summed E-state index contributed by atoms with van der Waals surface area (Å²) >= 11 is 0. The highest BCUT2D eigenvalue weighted by molar-refractivity contribution is 5.78. The number of amides is 2. The van der Waals surface area contributed by atoms with Gasteiger partial charge >= 0.3 is 0 Å². The molecule has 0 spiro atoms. The lowest BCUT2D eigenvalue weighted by Crippen LogP contribution is -2.37. The minimum absolute atomic E-state index is 0.0838. The zero-order valence-corrected chi connectivity index (χ0v) is 13.8. The molecule has 1 aliphatic rings. The fraction of sp³-hybridized carbons (Fsp3) is 0.529. The van der Waals surface area contributed by atoms with E-state index in [9.17, 15) is 9.59 Å². The molecule has 0 saturated carbocycles. The van der Waals surface area contributed by atoms with Crippen LogP contribution in [-0.2, 0) is 16.1 Å². The van der Waals surface area contributed by atoms with Crippen molar-refractivity contribution in [3.63, 3.8) is 0 Å². The minimum Gasteiger partial charge on any atom is -0.497 e. The van der Waals surface area contributed by atoms with Gasteiger partial charge in [0.25, 0.3) is 0 Å². The number of likely N-dealkylation sites (tertiary alicyclic amines) is 1. The van der Waals surface area contributed by atoms with Crippen LogP contribution in [-0.4, -0.2) is 55.4 Å². The Hall–Kier alpha value is -2.08. The standard InChI is InChI=1S/C17H25N3O3/c1-19(10-13-3-5-15(23-2)6-4-13)17(22)12-20-8-7-14(11-20)9-16(18)21/h3-6,14H,7-12H2,1-2H3,(H2,18,21). The molecular formula is C17H25N3O3. The summed E-state index contributed by atoms with van der Waals surface area (Å²) in [6.07, 6.45) is 1.34. The third-order valence-electron chi connectivity index (χ3n) is 4.22. The Morgan fingerprint density at radius 1 is 1.35 bits per heavy atom. The first-order chi connectivity index (χ1) is 11.0. The number of primary amides is 1. The monoisotopic (exact) mass is 319 g/mol. The number of nitrogens with zero attached hydrogens (tertiary/aromatic N) is 2. The first-order valence-electron chi connectivity index (χ1n) is 7.85. The van der Waals surface area contributed by atoms with Crippen molar-refractivity contribution in [3.8, 4) is 5.75 Å². The topological polar surface area (TPSA) is 75.9 Å². The second-order valence-corrected chi connectivity index (χ2v) is 6.16. The van der Waals surface area contributed by atoms with Gasteiger partial charge in [-0.05, 0) is 36.6 Å². The Morgan fingerprint density at radius 3 is 2.65 bits per heavy atom. The van der Waals surface area contributed by atoms with Crippen molar-refractivity contribution in [2.45, 2.75) is 19.4 Å². The maximum absolute atomic E-state index is 12.3. The number of hydrogen-bond donors (Lipinski definition) is 1. The van der Waals surface area contributed by atoms with E-state index in [0.717, 1.165) is 30.8 Å². The number of nitrogens with two attached hydrogens (primary N) is 1. The van der Waals surface area contributed by atoms with Gasteiger partial charge < -0.3 is 15.4 Å². The lowest BCUT2D eigenvalue weighted by molar-refractivity contribution is -0.131. The van der Waals surface area contributed by atoms with Crippen LogP contribution in [0, 0.1) is 5.92 Å². The van der Waals surface area contributed by atoms with E-state index in [1.54, 1.807) is 12.0 Å². The zero-order chi connectivity index (χ0) is 16.8. The Kier molecular flexibility index (Phi) is 5.98. The number of hydrogen-bond acceptors (Lipinski definition) is 4. The lowest BCUT2D eigenvalue weighted by atomic mass is 10.1. The lowest BCUT2D eigenvalue weighted by Gasteiger charge is -2.22. The van der Waals surface area contributed by atoms with Crippen LogP contribution in [0.3, 0.4) is 0 Å². The zero-order valence-electron chi connectivity index (χ0n) is 13.8. The average molecular weight is 319 g/mol. The third-order valence-corrected chi connectivity index (χ3v) is 4.22. The van der Waals surface area contributed by atoms with Gasteiger partial charge in [-0.15, -0.1) is 0 Å². The minimum atomic E-state index is -0.264. The smallest absolute Gasteiger partial charge is 0.236 e. The number of carbonyl (C=O) groups excluding carboxylic acids is 2. The van der Waals surface area contributed by atoms with Crippen LogP contribution >= 0.6 is 0 Å². The average Bonchev–Trinajstić information content (AvgIpc) is 2.94. The van der Waals surface area contributed by atoms with Gasteiger partial charge in [0.05, 0.1) is 13.7 Å². The van der Waals surface area contributed by atoms with Gasteiger partial charge in [-0.3, -0.25) is 14.5 Å². The Balaban J connectivity index is 1.79. The van der Waals surface area contributed by atoms with Crippen LogP contribution in [0.25, 0.3) is 0 Å². The molecule has 6 heteroatoms. The third kappa shape index (κ3) is 5.25. The molecule has 1 aromatic carbocycles. The first-order valence-corrected chi connectivity index (χ1v) is 7.85. The van der Waals surface area contributed by atoms with Crippen molar-refractivity contribution in [2.75, 3.05) is 33.8 Å². The van der Waals surface area contributed by atoms with Crippen LogP contribution in [0.4, 0.5) is 0 Å². The summed E-state index contributed by atoms with van der Waals surface area (Å²) < 4.78 is 5.13. The molecule has 2 rings (SSSR count). The molecule has 126 valence electrons. The second kappa shape index (κ2) is 7.97. The number of carbonyl (C=O) groups is 2. The summed E-state index contributed by atoms with van der Waals surface area (Å²) in [5, 5.41) is 0. The Morgan fingerprint density at radius 2 is 2.04 bits per heavy atom. The number of benzene rings is 1. The van der Waals surface area contributed by atoms with Crippen LogP contribution < -0.4 is 10.5 Å². The quantitative estimate of drug-likeness (QED) is 0.808. The Labute approximate surface area is 137 Å². The van der Waals surface area contributed by atoms with Crippen molar-refractivity contribution in [1.29, 1.82) is 0 Å². The van der Waals surface area contributed by atoms with Gasteiger partial charge in [0.2, 0.25) is 11.8 Å². The first kappa shape index (κ1) is 17.3. The molecule has 1 aliphatic heterocycles. The predicted molar refractivity (Wildman–Crippen MR) is 87.8 cm³/mol. The van der Waals surface area contributed by atoms with E-state index in [2.05, 4.69) is 4.90 Å². The van der Waals surface area contributed by atoms with E-state index in [4.69, 9.17) is 10.5 Å². The fourth-order valence-corrected chi connectivity index (χ4v) is 2.91. The normalized spacial score (nSPS) is 17.9. The highest BCUT2D eigenvalue weighted by Gasteiger charge is 2.26. The van der Waals surface area contributed by atoms with Crippen LogP contribution in [0.15, 0.2) is 24.3 Å². The van der Waals surface area contributed by atoms with Gasteiger partial charge in [0.1, 0.15) is 5.75 Å². The molecule has 0 bridgehead atoms. The second-order valence-electron chi connectivity index (χ2n) is 6.16. The molecule has 0 aliphatic carbocycles. The summed E-state index contributed by atoms with van der Waals surface area (Å²) in [7, 11) is 3.44. The Bertz CT molecular complexity index is 545.